The molecule has 0 saturated carbocycles. The number of nitrogens with two attached hydrogens (primary N) is 1. The molecule has 27 heavy (non-hydrogen) atoms. The van der Waals surface area contributed by atoms with Gasteiger partial charge in [-0.05, 0) is 24.1 Å². The molecule has 3 atom stereocenters. The van der Waals surface area contributed by atoms with Crippen LogP contribution in [0.25, 0.3) is 0 Å². The minimum Gasteiger partial charge on any atom is -0.508 e. The molecule has 0 fully saturated rings. The van der Waals surface area contributed by atoms with Crippen LogP contribution < -0.4 is 16.4 Å². The molecule has 7 N–H and O–H groups in total. The van der Waals surface area contributed by atoms with Gasteiger partial charge in [0.05, 0.1) is 12.5 Å². The van der Waals surface area contributed by atoms with Gasteiger partial charge in [0, 0.05) is 5.75 Å². The van der Waals surface area contributed by atoms with Gasteiger partial charge in [-0.2, -0.15) is 12.6 Å². The Balaban J connectivity index is 2.77. The van der Waals surface area contributed by atoms with E-state index in [1.165, 1.54) is 12.1 Å². The molecular formula is C16H21N3O7S. The van der Waals surface area contributed by atoms with E-state index in [0.717, 1.165) is 0 Å². The Morgan fingerprint density at radius 3 is 2.04 bits per heavy atom. The summed E-state index contributed by atoms with van der Waals surface area (Å²) in [5.41, 5.74) is 6.43. The van der Waals surface area contributed by atoms with E-state index in [0.29, 0.717) is 5.56 Å². The van der Waals surface area contributed by atoms with E-state index in [1.807, 2.05) is 0 Å². The molecule has 2 amide bonds. The predicted octanol–water partition coefficient (Wildman–Crippen LogP) is -1.28. The number of carbonyl (C=O) groups is 4. The van der Waals surface area contributed by atoms with E-state index in [9.17, 15) is 24.3 Å². The minimum atomic E-state index is -1.50. The summed E-state index contributed by atoms with van der Waals surface area (Å²) in [7, 11) is 0. The maximum absolute atomic E-state index is 12.2. The third-order valence-electron chi connectivity index (χ3n) is 3.54. The van der Waals surface area contributed by atoms with Gasteiger partial charge in [0.15, 0.2) is 0 Å². The Hall–Kier alpha value is -2.79. The van der Waals surface area contributed by atoms with E-state index in [4.69, 9.17) is 15.9 Å². The highest BCUT2D eigenvalue weighted by Gasteiger charge is 2.29. The summed E-state index contributed by atoms with van der Waals surface area (Å²) < 4.78 is 0. The highest BCUT2D eigenvalue weighted by molar-refractivity contribution is 7.80. The van der Waals surface area contributed by atoms with Crippen molar-refractivity contribution in [3.63, 3.8) is 0 Å². The van der Waals surface area contributed by atoms with Gasteiger partial charge in [-0.1, -0.05) is 12.1 Å². The number of benzene rings is 1. The molecule has 1 aromatic carbocycles. The molecule has 0 aliphatic rings. The second-order valence-corrected chi connectivity index (χ2v) is 6.08. The molecule has 1 rings (SSSR count). The Bertz CT molecular complexity index is 696. The zero-order valence-electron chi connectivity index (χ0n) is 14.2. The van der Waals surface area contributed by atoms with Crippen LogP contribution in [0.3, 0.4) is 0 Å². The maximum Gasteiger partial charge on any atom is 0.327 e. The van der Waals surface area contributed by atoms with Crippen LogP contribution in [-0.2, 0) is 25.6 Å². The first kappa shape index (κ1) is 22.3. The number of phenols is 1. The van der Waals surface area contributed by atoms with Crippen LogP contribution in [-0.4, -0.2) is 63.0 Å². The van der Waals surface area contributed by atoms with E-state index < -0.39 is 48.3 Å². The molecule has 0 saturated heterocycles. The first-order valence-corrected chi connectivity index (χ1v) is 8.47. The van der Waals surface area contributed by atoms with E-state index in [1.54, 1.807) is 12.1 Å². The minimum absolute atomic E-state index is 0.0483. The third-order valence-corrected chi connectivity index (χ3v) is 3.90. The first-order chi connectivity index (χ1) is 12.6. The smallest absolute Gasteiger partial charge is 0.327 e. The molecule has 1 aromatic rings. The lowest BCUT2D eigenvalue weighted by molar-refractivity contribution is -0.143. The largest absolute Gasteiger partial charge is 0.508 e. The summed E-state index contributed by atoms with van der Waals surface area (Å²) in [6.45, 7) is 0. The number of carboxylic acid groups (broad SMARTS) is 2. The van der Waals surface area contributed by atoms with Crippen molar-refractivity contribution in [1.82, 2.24) is 10.6 Å². The van der Waals surface area contributed by atoms with Gasteiger partial charge in [-0.25, -0.2) is 4.79 Å². The zero-order chi connectivity index (χ0) is 20.6. The number of phenolic OH excluding ortho intramolecular Hbond substituents is 1. The Morgan fingerprint density at radius 1 is 1.00 bits per heavy atom. The van der Waals surface area contributed by atoms with Crippen molar-refractivity contribution in [3.8, 4) is 5.75 Å². The van der Waals surface area contributed by atoms with Gasteiger partial charge in [0.2, 0.25) is 11.8 Å². The van der Waals surface area contributed by atoms with Crippen LogP contribution >= 0.6 is 12.6 Å². The summed E-state index contributed by atoms with van der Waals surface area (Å²) in [6, 6.07) is 2.05. The number of amides is 2. The molecular weight excluding hydrogens is 378 g/mol. The average Bonchev–Trinajstić information content (AvgIpc) is 2.59. The van der Waals surface area contributed by atoms with Crippen molar-refractivity contribution in [1.29, 1.82) is 0 Å². The monoisotopic (exact) mass is 399 g/mol. The second kappa shape index (κ2) is 10.4. The van der Waals surface area contributed by atoms with E-state index >= 15 is 0 Å². The van der Waals surface area contributed by atoms with Crippen molar-refractivity contribution in [3.05, 3.63) is 29.8 Å². The highest BCUT2D eigenvalue weighted by Crippen LogP contribution is 2.11. The van der Waals surface area contributed by atoms with Crippen LogP contribution in [0.15, 0.2) is 24.3 Å². The molecule has 0 aliphatic carbocycles. The number of hydrogen-bond donors (Lipinski definition) is 7. The average molecular weight is 399 g/mol. The van der Waals surface area contributed by atoms with Crippen LogP contribution in [0.1, 0.15) is 12.0 Å². The van der Waals surface area contributed by atoms with Gasteiger partial charge in [-0.15, -0.1) is 0 Å². The quantitative estimate of drug-likeness (QED) is 0.238. The van der Waals surface area contributed by atoms with Gasteiger partial charge in [0.1, 0.15) is 17.8 Å². The number of aliphatic carboxylic acids is 2. The van der Waals surface area contributed by atoms with Crippen LogP contribution in [0.4, 0.5) is 0 Å². The summed E-state index contributed by atoms with van der Waals surface area (Å²) in [4.78, 5) is 46.3. The van der Waals surface area contributed by atoms with Gasteiger partial charge in [0.25, 0.3) is 0 Å². The van der Waals surface area contributed by atoms with Crippen molar-refractivity contribution >= 4 is 36.4 Å². The number of hydrogen-bond acceptors (Lipinski definition) is 7. The first-order valence-electron chi connectivity index (χ1n) is 7.83. The molecule has 0 radical (unpaired) electrons. The molecule has 0 bridgehead atoms. The SMILES string of the molecule is NC(Cc1ccc(O)cc1)C(=O)NC(CC(=O)O)C(=O)NC(CS)C(=O)O. The van der Waals surface area contributed by atoms with Crippen molar-refractivity contribution < 1.29 is 34.5 Å². The fraction of sp³-hybridized carbons (Fsp3) is 0.375. The van der Waals surface area contributed by atoms with Crippen LogP contribution in [0.2, 0.25) is 0 Å². The fourth-order valence-corrected chi connectivity index (χ4v) is 2.35. The van der Waals surface area contributed by atoms with Gasteiger partial charge in [-0.3, -0.25) is 14.4 Å². The van der Waals surface area contributed by atoms with Crippen LogP contribution in [0, 0.1) is 0 Å². The molecule has 11 heteroatoms. The Kier molecular flexibility index (Phi) is 8.56. The lowest BCUT2D eigenvalue weighted by Gasteiger charge is -2.21. The summed E-state index contributed by atoms with van der Waals surface area (Å²) in [6.07, 6.45) is -0.662. The van der Waals surface area contributed by atoms with Crippen molar-refractivity contribution in [2.24, 2.45) is 5.73 Å². The normalized spacial score (nSPS) is 13.9. The standard InChI is InChI=1S/C16H21N3O7S/c17-10(5-8-1-3-9(20)4-2-8)14(23)18-11(6-13(21)22)15(24)19-12(7-27)16(25)26/h1-4,10-12,20,27H,5-7,17H2,(H,18,23)(H,19,24)(H,21,22)(H,25,26). The number of carboxylic acids is 2. The maximum atomic E-state index is 12.2. The predicted molar refractivity (Wildman–Crippen MR) is 97.4 cm³/mol. The molecule has 3 unspecified atom stereocenters. The van der Waals surface area contributed by atoms with E-state index in [2.05, 4.69) is 23.3 Å². The summed E-state index contributed by atoms with van der Waals surface area (Å²) in [5, 5.41) is 31.4. The Morgan fingerprint density at radius 2 is 1.56 bits per heavy atom. The molecule has 148 valence electrons. The topological polar surface area (TPSA) is 179 Å². The number of rotatable bonds is 10. The molecule has 0 aliphatic heterocycles. The molecule has 0 spiro atoms. The Labute approximate surface area is 160 Å². The molecule has 0 aromatic heterocycles. The zero-order valence-corrected chi connectivity index (χ0v) is 15.1. The second-order valence-electron chi connectivity index (χ2n) is 5.72. The van der Waals surface area contributed by atoms with Crippen LogP contribution in [0.5, 0.6) is 5.75 Å². The third kappa shape index (κ3) is 7.54. The summed E-state index contributed by atoms with van der Waals surface area (Å²) >= 11 is 3.80. The van der Waals surface area contributed by atoms with Crippen molar-refractivity contribution in [2.45, 2.75) is 31.0 Å². The lowest BCUT2D eigenvalue weighted by atomic mass is 10.0. The van der Waals surface area contributed by atoms with Gasteiger partial charge >= 0.3 is 11.9 Å². The molecule has 0 heterocycles. The van der Waals surface area contributed by atoms with Gasteiger partial charge < -0.3 is 31.7 Å². The number of nitrogens with one attached hydrogen (secondary N) is 2. The number of thiol groups is 1. The highest BCUT2D eigenvalue weighted by atomic mass is 32.1. The summed E-state index contributed by atoms with van der Waals surface area (Å²) in [5.74, 6) is -4.61. The number of carbonyl (C=O) groups excluding carboxylic acids is 2. The molecule has 10 nitrogen and oxygen atoms in total. The fourth-order valence-electron chi connectivity index (χ4n) is 2.10. The number of aromatic hydroxyl groups is 1. The van der Waals surface area contributed by atoms with E-state index in [-0.39, 0.29) is 17.9 Å². The van der Waals surface area contributed by atoms with Crippen molar-refractivity contribution in [2.75, 3.05) is 5.75 Å². The lowest BCUT2D eigenvalue weighted by Crippen LogP contribution is -2.55.